The summed E-state index contributed by atoms with van der Waals surface area (Å²) in [4.78, 5) is 2.39. The van der Waals surface area contributed by atoms with Crippen LogP contribution in [0.5, 0.6) is 0 Å². The van der Waals surface area contributed by atoms with Gasteiger partial charge >= 0.3 is 0 Å². The molecule has 0 aliphatic carbocycles. The zero-order valence-corrected chi connectivity index (χ0v) is 18.1. The molecular formula is C23H41N3. The van der Waals surface area contributed by atoms with E-state index in [2.05, 4.69) is 55.6 Å². The molecule has 3 heteroatoms. The third kappa shape index (κ3) is 7.03. The molecule has 2 heterocycles. The van der Waals surface area contributed by atoms with Crippen LogP contribution < -0.4 is 10.3 Å². The minimum absolute atomic E-state index is 0.936. The fourth-order valence-electron chi connectivity index (χ4n) is 3.35. The van der Waals surface area contributed by atoms with E-state index in [-0.39, 0.29) is 0 Å². The molecule has 0 amide bonds. The maximum atomic E-state index is 3.30. The Morgan fingerprint density at radius 2 is 1.69 bits per heavy atom. The van der Waals surface area contributed by atoms with E-state index in [0.717, 1.165) is 6.54 Å². The number of hydrazine groups is 1. The van der Waals surface area contributed by atoms with Gasteiger partial charge in [-0.25, -0.2) is 5.43 Å². The van der Waals surface area contributed by atoms with Crippen LogP contribution in [0.2, 0.25) is 0 Å². The van der Waals surface area contributed by atoms with Gasteiger partial charge < -0.3 is 9.91 Å². The number of nitrogens with one attached hydrogen (secondary N) is 1. The van der Waals surface area contributed by atoms with E-state index in [1.165, 1.54) is 73.9 Å². The van der Waals surface area contributed by atoms with Crippen molar-refractivity contribution in [2.75, 3.05) is 32.1 Å². The average molecular weight is 360 g/mol. The quantitative estimate of drug-likeness (QED) is 0.679. The summed E-state index contributed by atoms with van der Waals surface area (Å²) in [6.45, 7) is 10.6. The molecule has 26 heavy (non-hydrogen) atoms. The molecule has 0 saturated carbocycles. The first-order valence-corrected chi connectivity index (χ1v) is 10.7. The second-order valence-corrected chi connectivity index (χ2v) is 7.03. The van der Waals surface area contributed by atoms with Crippen LogP contribution in [-0.4, -0.2) is 32.2 Å². The summed E-state index contributed by atoms with van der Waals surface area (Å²) in [5, 5.41) is 2.03. The smallest absolute Gasteiger partial charge is 0.0421 e. The number of nitrogens with zero attached hydrogens (tertiary/aromatic N) is 2. The Morgan fingerprint density at radius 3 is 2.27 bits per heavy atom. The van der Waals surface area contributed by atoms with Gasteiger partial charge in [0.15, 0.2) is 0 Å². The molecule has 3 rings (SSSR count). The van der Waals surface area contributed by atoms with Gasteiger partial charge in [0.1, 0.15) is 0 Å². The first kappa shape index (κ1) is 22.6. The highest BCUT2D eigenvalue weighted by atomic mass is 15.5. The van der Waals surface area contributed by atoms with E-state index >= 15 is 0 Å². The minimum Gasteiger partial charge on any atom is -0.374 e. The normalized spacial score (nSPS) is 15.8. The van der Waals surface area contributed by atoms with Gasteiger partial charge in [-0.3, -0.25) is 0 Å². The second kappa shape index (κ2) is 12.8. The molecule has 0 bridgehead atoms. The molecule has 148 valence electrons. The second-order valence-electron chi connectivity index (χ2n) is 7.03. The Bertz CT molecular complexity index is 532. The van der Waals surface area contributed by atoms with E-state index in [9.17, 15) is 0 Å². The Labute approximate surface area is 162 Å². The molecule has 0 saturated heterocycles. The lowest BCUT2D eigenvalue weighted by molar-refractivity contribution is 0.374. The van der Waals surface area contributed by atoms with Crippen molar-refractivity contribution < 1.29 is 0 Å². The fourth-order valence-corrected chi connectivity index (χ4v) is 3.35. The highest BCUT2D eigenvalue weighted by molar-refractivity contribution is 5.71. The lowest BCUT2D eigenvalue weighted by Crippen LogP contribution is -2.23. The summed E-state index contributed by atoms with van der Waals surface area (Å²) < 4.78 is 0. The van der Waals surface area contributed by atoms with Crippen molar-refractivity contribution in [1.29, 1.82) is 0 Å². The van der Waals surface area contributed by atoms with Gasteiger partial charge in [0, 0.05) is 39.1 Å². The number of aryl methyl sites for hydroxylation is 1. The monoisotopic (exact) mass is 359 g/mol. The summed E-state index contributed by atoms with van der Waals surface area (Å²) in [5.41, 5.74) is 8.96. The van der Waals surface area contributed by atoms with Crippen molar-refractivity contribution in [2.45, 2.75) is 72.6 Å². The standard InChI is InChI=1S/C15H21N3.C6H14.C2H6/c1-17-8-4-3-5-13-9-12(6-7-15(13)17)14-10-16-18(2)11-14;1-3-5-6-4-2;1-2/h6-7,9,11,16H,3-5,8,10H2,1-2H3;3-6H2,1-2H3;1-2H3. The predicted molar refractivity (Wildman–Crippen MR) is 118 cm³/mol. The molecule has 0 spiro atoms. The molecule has 1 N–H and O–H groups in total. The first-order valence-electron chi connectivity index (χ1n) is 10.7. The van der Waals surface area contributed by atoms with Gasteiger partial charge in [-0.2, -0.15) is 0 Å². The van der Waals surface area contributed by atoms with Crippen molar-refractivity contribution in [2.24, 2.45) is 0 Å². The van der Waals surface area contributed by atoms with Crippen LogP contribution in [0.25, 0.3) is 5.57 Å². The SMILES string of the molecule is CC.CCCCCC.CN1C=C(c2ccc3c(c2)CCCCN3C)CN1. The summed E-state index contributed by atoms with van der Waals surface area (Å²) in [6.07, 6.45) is 11.5. The zero-order chi connectivity index (χ0) is 19.4. The number of rotatable bonds is 4. The number of hydrogen-bond donors (Lipinski definition) is 1. The zero-order valence-electron chi connectivity index (χ0n) is 18.1. The number of unbranched alkanes of at least 4 members (excludes halogenated alkanes) is 3. The molecule has 0 fully saturated rings. The Kier molecular flexibility index (Phi) is 11.1. The van der Waals surface area contributed by atoms with E-state index < -0.39 is 0 Å². The van der Waals surface area contributed by atoms with Gasteiger partial charge in [0.25, 0.3) is 0 Å². The van der Waals surface area contributed by atoms with Gasteiger partial charge in [-0.05, 0) is 48.1 Å². The predicted octanol–water partition coefficient (Wildman–Crippen LogP) is 5.86. The summed E-state index contributed by atoms with van der Waals surface area (Å²) in [5.74, 6) is 0. The van der Waals surface area contributed by atoms with E-state index in [1.807, 2.05) is 25.9 Å². The van der Waals surface area contributed by atoms with Crippen molar-refractivity contribution in [1.82, 2.24) is 10.4 Å². The lowest BCUT2D eigenvalue weighted by atomic mass is 10.00. The number of fused-ring (bicyclic) bond motifs is 1. The molecule has 1 aromatic rings. The van der Waals surface area contributed by atoms with Gasteiger partial charge in [-0.1, -0.05) is 59.4 Å². The van der Waals surface area contributed by atoms with Gasteiger partial charge in [-0.15, -0.1) is 0 Å². The van der Waals surface area contributed by atoms with Crippen LogP contribution in [-0.2, 0) is 6.42 Å². The number of hydrogen-bond acceptors (Lipinski definition) is 3. The Morgan fingerprint density at radius 1 is 1.00 bits per heavy atom. The third-order valence-corrected chi connectivity index (χ3v) is 4.88. The lowest BCUT2D eigenvalue weighted by Gasteiger charge is -2.19. The number of benzene rings is 1. The molecule has 0 unspecified atom stereocenters. The summed E-state index contributed by atoms with van der Waals surface area (Å²) in [6, 6.07) is 6.92. The molecule has 0 aromatic heterocycles. The Hall–Kier alpha value is -1.48. The first-order chi connectivity index (χ1) is 12.7. The van der Waals surface area contributed by atoms with Crippen molar-refractivity contribution in [3.63, 3.8) is 0 Å². The van der Waals surface area contributed by atoms with E-state index in [1.54, 1.807) is 0 Å². The van der Waals surface area contributed by atoms with Crippen LogP contribution in [0.3, 0.4) is 0 Å². The maximum absolute atomic E-state index is 3.30. The topological polar surface area (TPSA) is 18.5 Å². The molecular weight excluding hydrogens is 318 g/mol. The van der Waals surface area contributed by atoms with Crippen molar-refractivity contribution in [3.05, 3.63) is 35.5 Å². The van der Waals surface area contributed by atoms with Crippen LogP contribution in [0, 0.1) is 0 Å². The highest BCUT2D eigenvalue weighted by Gasteiger charge is 2.15. The van der Waals surface area contributed by atoms with E-state index in [0.29, 0.717) is 0 Å². The van der Waals surface area contributed by atoms with Gasteiger partial charge in [0.2, 0.25) is 0 Å². The molecule has 1 aromatic carbocycles. The van der Waals surface area contributed by atoms with E-state index in [4.69, 9.17) is 0 Å². The van der Waals surface area contributed by atoms with Crippen LogP contribution in [0.15, 0.2) is 24.4 Å². The summed E-state index contributed by atoms with van der Waals surface area (Å²) >= 11 is 0. The molecule has 2 aliphatic rings. The van der Waals surface area contributed by atoms with Crippen molar-refractivity contribution in [3.8, 4) is 0 Å². The third-order valence-electron chi connectivity index (χ3n) is 4.88. The number of anilines is 1. The minimum atomic E-state index is 0.936. The maximum Gasteiger partial charge on any atom is 0.0421 e. The Balaban J connectivity index is 0.000000363. The largest absolute Gasteiger partial charge is 0.374 e. The summed E-state index contributed by atoms with van der Waals surface area (Å²) in [7, 11) is 4.25. The fraction of sp³-hybridized carbons (Fsp3) is 0.652. The molecule has 0 atom stereocenters. The van der Waals surface area contributed by atoms with Crippen molar-refractivity contribution >= 4 is 11.3 Å². The molecule has 3 nitrogen and oxygen atoms in total. The van der Waals surface area contributed by atoms with Gasteiger partial charge in [0.05, 0.1) is 0 Å². The van der Waals surface area contributed by atoms with Crippen LogP contribution >= 0.6 is 0 Å². The van der Waals surface area contributed by atoms with Crippen LogP contribution in [0.4, 0.5) is 5.69 Å². The molecule has 0 radical (unpaired) electrons. The van der Waals surface area contributed by atoms with Crippen LogP contribution in [0.1, 0.15) is 77.3 Å². The average Bonchev–Trinajstić information content (AvgIpc) is 3.03. The molecule has 2 aliphatic heterocycles. The highest BCUT2D eigenvalue weighted by Crippen LogP contribution is 2.29.